The highest BCUT2D eigenvalue weighted by Gasteiger charge is 2.29. The number of amides is 1. The van der Waals surface area contributed by atoms with Crippen LogP contribution >= 0.6 is 0 Å². The highest BCUT2D eigenvalue weighted by molar-refractivity contribution is 5.68. The lowest BCUT2D eigenvalue weighted by atomic mass is 9.96. The zero-order valence-corrected chi connectivity index (χ0v) is 13.8. The predicted octanol–water partition coefficient (Wildman–Crippen LogP) is 3.55. The molecule has 1 amide bonds. The number of pyridine rings is 1. The topological polar surface area (TPSA) is 62.4 Å². The highest BCUT2D eigenvalue weighted by Crippen LogP contribution is 2.31. The van der Waals surface area contributed by atoms with Gasteiger partial charge in [-0.15, -0.1) is 0 Å². The molecule has 0 aliphatic carbocycles. The Morgan fingerprint density at radius 2 is 2.08 bits per heavy atom. The molecule has 0 saturated carbocycles. The maximum Gasteiger partial charge on any atom is 0.410 e. The van der Waals surface area contributed by atoms with Crippen molar-refractivity contribution in [2.24, 2.45) is 0 Å². The molecule has 24 heavy (non-hydrogen) atoms. The molecule has 1 aliphatic rings. The summed E-state index contributed by atoms with van der Waals surface area (Å²) in [5, 5.41) is 0. The third kappa shape index (κ3) is 3.67. The maximum atomic E-state index is 12.5. The number of hydrogen-bond donors (Lipinski definition) is 1. The first-order valence-electron chi connectivity index (χ1n) is 8.31. The first-order valence-corrected chi connectivity index (χ1v) is 8.31. The summed E-state index contributed by atoms with van der Waals surface area (Å²) in [6.45, 7) is 2.73. The molecule has 1 aromatic heterocycles. The zero-order chi connectivity index (χ0) is 16.9. The maximum absolute atomic E-state index is 12.5. The molecule has 2 heterocycles. The van der Waals surface area contributed by atoms with E-state index in [0.717, 1.165) is 30.4 Å². The van der Waals surface area contributed by atoms with E-state index >= 15 is 0 Å². The van der Waals surface area contributed by atoms with Crippen molar-refractivity contribution in [2.75, 3.05) is 6.54 Å². The summed E-state index contributed by atoms with van der Waals surface area (Å²) < 4.78 is 5.49. The largest absolute Gasteiger partial charge is 0.445 e. The first kappa shape index (κ1) is 16.3. The van der Waals surface area contributed by atoms with Crippen LogP contribution in [-0.2, 0) is 11.3 Å². The van der Waals surface area contributed by atoms with Gasteiger partial charge in [-0.25, -0.2) is 4.79 Å². The van der Waals surface area contributed by atoms with Crippen molar-refractivity contribution in [1.82, 2.24) is 9.88 Å². The van der Waals surface area contributed by atoms with Gasteiger partial charge in [-0.1, -0.05) is 30.3 Å². The SMILES string of the molecule is Cc1cc(C2CCCCN2C(=O)OCc2ccccc2)c[nH]c1=O. The molecule has 5 heteroatoms. The minimum atomic E-state index is -0.299. The van der Waals surface area contributed by atoms with Crippen molar-refractivity contribution in [1.29, 1.82) is 0 Å². The molecule has 1 aromatic carbocycles. The molecule has 1 atom stereocenters. The third-order valence-corrected chi connectivity index (χ3v) is 4.44. The quantitative estimate of drug-likeness (QED) is 0.938. The molecule has 126 valence electrons. The van der Waals surface area contributed by atoms with E-state index in [1.54, 1.807) is 18.0 Å². The van der Waals surface area contributed by atoms with E-state index < -0.39 is 0 Å². The van der Waals surface area contributed by atoms with Crippen LogP contribution in [0.1, 0.15) is 42.0 Å². The molecule has 1 unspecified atom stereocenters. The van der Waals surface area contributed by atoms with Crippen molar-refractivity contribution >= 4 is 6.09 Å². The number of aromatic amines is 1. The summed E-state index contributed by atoms with van der Waals surface area (Å²) in [5.74, 6) is 0. The van der Waals surface area contributed by atoms with Gasteiger partial charge in [0.15, 0.2) is 0 Å². The highest BCUT2D eigenvalue weighted by atomic mass is 16.6. The second-order valence-corrected chi connectivity index (χ2v) is 6.19. The van der Waals surface area contributed by atoms with Crippen LogP contribution in [0.5, 0.6) is 0 Å². The number of nitrogens with one attached hydrogen (secondary N) is 1. The van der Waals surface area contributed by atoms with Crippen molar-refractivity contribution in [3.05, 3.63) is 69.6 Å². The number of likely N-dealkylation sites (tertiary alicyclic amines) is 1. The number of aryl methyl sites for hydroxylation is 1. The smallest absolute Gasteiger partial charge is 0.410 e. The lowest BCUT2D eigenvalue weighted by Crippen LogP contribution is -2.39. The Kier molecular flexibility index (Phi) is 4.99. The van der Waals surface area contributed by atoms with Gasteiger partial charge in [0.2, 0.25) is 0 Å². The summed E-state index contributed by atoms with van der Waals surface area (Å²) in [6, 6.07) is 11.5. The van der Waals surface area contributed by atoms with E-state index in [9.17, 15) is 9.59 Å². The molecule has 3 rings (SSSR count). The van der Waals surface area contributed by atoms with Crippen molar-refractivity contribution in [3.8, 4) is 0 Å². The summed E-state index contributed by atoms with van der Waals surface area (Å²) in [7, 11) is 0. The molecule has 1 N–H and O–H groups in total. The zero-order valence-electron chi connectivity index (χ0n) is 13.8. The average molecular weight is 326 g/mol. The van der Waals surface area contributed by atoms with Crippen LogP contribution in [-0.4, -0.2) is 22.5 Å². The second kappa shape index (κ2) is 7.34. The normalized spacial score (nSPS) is 17.5. The minimum Gasteiger partial charge on any atom is -0.445 e. The number of rotatable bonds is 3. The van der Waals surface area contributed by atoms with E-state index in [4.69, 9.17) is 4.74 Å². The van der Waals surface area contributed by atoms with Crippen molar-refractivity contribution in [3.63, 3.8) is 0 Å². The average Bonchev–Trinajstić information content (AvgIpc) is 2.63. The molecule has 1 saturated heterocycles. The number of benzene rings is 1. The summed E-state index contributed by atoms with van der Waals surface area (Å²) >= 11 is 0. The lowest BCUT2D eigenvalue weighted by molar-refractivity contribution is 0.0678. The fourth-order valence-corrected chi connectivity index (χ4v) is 3.11. The summed E-state index contributed by atoms with van der Waals surface area (Å²) in [4.78, 5) is 28.6. The number of H-pyrrole nitrogens is 1. The molecule has 1 aliphatic heterocycles. The van der Waals surface area contributed by atoms with Gasteiger partial charge >= 0.3 is 6.09 Å². The van der Waals surface area contributed by atoms with E-state index in [-0.39, 0.29) is 24.3 Å². The Balaban J connectivity index is 1.72. The second-order valence-electron chi connectivity index (χ2n) is 6.19. The molecule has 1 fully saturated rings. The van der Waals surface area contributed by atoms with Crippen molar-refractivity contribution in [2.45, 2.75) is 38.8 Å². The van der Waals surface area contributed by atoms with Gasteiger partial charge in [0.1, 0.15) is 6.61 Å². The van der Waals surface area contributed by atoms with Gasteiger partial charge in [0.25, 0.3) is 5.56 Å². The van der Waals surface area contributed by atoms with E-state index in [1.165, 1.54) is 0 Å². The third-order valence-electron chi connectivity index (χ3n) is 4.44. The van der Waals surface area contributed by atoms with E-state index in [1.807, 2.05) is 36.4 Å². The Morgan fingerprint density at radius 3 is 2.83 bits per heavy atom. The molecular weight excluding hydrogens is 304 g/mol. The number of carbonyl (C=O) groups is 1. The Bertz CT molecular complexity index is 755. The summed E-state index contributed by atoms with van der Waals surface area (Å²) in [5.41, 5.74) is 2.51. The van der Waals surface area contributed by atoms with Crippen LogP contribution in [0.4, 0.5) is 4.79 Å². The Hall–Kier alpha value is -2.56. The molecule has 0 bridgehead atoms. The van der Waals surface area contributed by atoms with Crippen LogP contribution in [0.2, 0.25) is 0 Å². The number of nitrogens with zero attached hydrogens (tertiary/aromatic N) is 1. The number of carbonyl (C=O) groups excluding carboxylic acids is 1. The number of hydrogen-bond acceptors (Lipinski definition) is 3. The Labute approximate surface area is 141 Å². The molecular formula is C19H22N2O3. The Morgan fingerprint density at radius 1 is 1.29 bits per heavy atom. The van der Waals surface area contributed by atoms with Gasteiger partial charge in [-0.05, 0) is 43.4 Å². The summed E-state index contributed by atoms with van der Waals surface area (Å²) in [6.07, 6.45) is 4.33. The van der Waals surface area contributed by atoms with Crippen LogP contribution in [0.25, 0.3) is 0 Å². The van der Waals surface area contributed by atoms with Gasteiger partial charge < -0.3 is 14.6 Å². The molecule has 5 nitrogen and oxygen atoms in total. The van der Waals surface area contributed by atoms with E-state index in [0.29, 0.717) is 12.1 Å². The predicted molar refractivity (Wildman–Crippen MR) is 91.7 cm³/mol. The van der Waals surface area contributed by atoms with Crippen LogP contribution in [0, 0.1) is 6.92 Å². The van der Waals surface area contributed by atoms with E-state index in [2.05, 4.69) is 4.98 Å². The fourth-order valence-electron chi connectivity index (χ4n) is 3.11. The number of ether oxygens (including phenoxy) is 1. The van der Waals surface area contributed by atoms with Gasteiger partial charge in [0, 0.05) is 18.3 Å². The molecule has 0 radical (unpaired) electrons. The lowest BCUT2D eigenvalue weighted by Gasteiger charge is -2.35. The monoisotopic (exact) mass is 326 g/mol. The number of aromatic nitrogens is 1. The van der Waals surface area contributed by atoms with Gasteiger partial charge in [-0.3, -0.25) is 4.79 Å². The molecule has 2 aromatic rings. The van der Waals surface area contributed by atoms with Crippen LogP contribution < -0.4 is 5.56 Å². The van der Waals surface area contributed by atoms with Crippen LogP contribution in [0.3, 0.4) is 0 Å². The first-order chi connectivity index (χ1) is 11.6. The van der Waals surface area contributed by atoms with Crippen molar-refractivity contribution < 1.29 is 9.53 Å². The fraction of sp³-hybridized carbons (Fsp3) is 0.368. The van der Waals surface area contributed by atoms with Crippen LogP contribution in [0.15, 0.2) is 47.4 Å². The van der Waals surface area contributed by atoms with Gasteiger partial charge in [0.05, 0.1) is 6.04 Å². The minimum absolute atomic E-state index is 0.0439. The standard InChI is InChI=1S/C19H22N2O3/c1-14-11-16(12-20-18(14)22)17-9-5-6-10-21(17)19(23)24-13-15-7-3-2-4-8-15/h2-4,7-8,11-12,17H,5-6,9-10,13H2,1H3,(H,20,22). The van der Waals surface area contributed by atoms with Gasteiger partial charge in [-0.2, -0.15) is 0 Å². The molecule has 0 spiro atoms. The number of piperidine rings is 1.